The standard InChI is InChI=1S/C18H15ClN2O2/c19-13-8-7-12(18(22)23)15-10-4-3-5-11(10)16(21-17(13)15)14-6-1-2-9-20-14/h1-4,6-11,16,21H,5H2,(H,22,23)/t10-,11-,16-/m1/s1. The molecule has 0 saturated carbocycles. The lowest BCUT2D eigenvalue weighted by Gasteiger charge is -2.38. The molecule has 4 nitrogen and oxygen atoms in total. The number of benzene rings is 1. The van der Waals surface area contributed by atoms with Crippen LogP contribution in [0, 0.1) is 5.92 Å². The maximum absolute atomic E-state index is 11.6. The molecule has 23 heavy (non-hydrogen) atoms. The number of carboxylic acids is 1. The van der Waals surface area contributed by atoms with Crippen LogP contribution in [0.25, 0.3) is 0 Å². The summed E-state index contributed by atoms with van der Waals surface area (Å²) in [4.78, 5) is 16.1. The molecule has 0 spiro atoms. The number of aromatic carboxylic acids is 1. The highest BCUT2D eigenvalue weighted by atomic mass is 35.5. The van der Waals surface area contributed by atoms with Gasteiger partial charge in [-0.25, -0.2) is 4.79 Å². The number of carboxylic acid groups (broad SMARTS) is 1. The molecule has 2 aliphatic rings. The average molecular weight is 327 g/mol. The summed E-state index contributed by atoms with van der Waals surface area (Å²) in [5.74, 6) is -0.632. The fourth-order valence-corrected chi connectivity index (χ4v) is 3.93. The average Bonchev–Trinajstić information content (AvgIpc) is 3.05. The third-order valence-electron chi connectivity index (χ3n) is 4.71. The number of aromatic nitrogens is 1. The summed E-state index contributed by atoms with van der Waals surface area (Å²) in [6.07, 6.45) is 6.89. The predicted molar refractivity (Wildman–Crippen MR) is 89.0 cm³/mol. The maximum Gasteiger partial charge on any atom is 0.336 e. The van der Waals surface area contributed by atoms with Crippen LogP contribution in [0.4, 0.5) is 5.69 Å². The number of allylic oxidation sites excluding steroid dienone is 2. The molecule has 5 heteroatoms. The summed E-state index contributed by atoms with van der Waals surface area (Å²) in [6.45, 7) is 0. The molecule has 0 amide bonds. The lowest BCUT2D eigenvalue weighted by Crippen LogP contribution is -2.31. The number of anilines is 1. The Kier molecular flexibility index (Phi) is 3.34. The van der Waals surface area contributed by atoms with Gasteiger partial charge in [0.15, 0.2) is 0 Å². The summed E-state index contributed by atoms with van der Waals surface area (Å²) in [7, 11) is 0. The van der Waals surface area contributed by atoms with E-state index in [0.29, 0.717) is 10.6 Å². The normalized spacial score (nSPS) is 24.7. The Morgan fingerprint density at radius 1 is 1.30 bits per heavy atom. The van der Waals surface area contributed by atoms with Crippen LogP contribution in [0.3, 0.4) is 0 Å². The second-order valence-corrected chi connectivity index (χ2v) is 6.33. The molecule has 116 valence electrons. The van der Waals surface area contributed by atoms with Crippen molar-refractivity contribution in [2.24, 2.45) is 5.92 Å². The molecule has 1 aliphatic heterocycles. The van der Waals surface area contributed by atoms with Gasteiger partial charge in [0.1, 0.15) is 0 Å². The lowest BCUT2D eigenvalue weighted by atomic mass is 9.76. The molecule has 0 bridgehead atoms. The molecule has 0 unspecified atom stereocenters. The predicted octanol–water partition coefficient (Wildman–Crippen LogP) is 4.26. The number of hydrogen-bond donors (Lipinski definition) is 2. The number of hydrogen-bond acceptors (Lipinski definition) is 3. The summed E-state index contributed by atoms with van der Waals surface area (Å²) in [5.41, 5.74) is 2.78. The molecular formula is C18H15ClN2O2. The SMILES string of the molecule is O=C(O)c1ccc(Cl)c2c1[C@@H]1C=CC[C@H]1[C@H](c1ccccn1)N2. The topological polar surface area (TPSA) is 62.2 Å². The van der Waals surface area contributed by atoms with Gasteiger partial charge in [-0.05, 0) is 42.2 Å². The van der Waals surface area contributed by atoms with E-state index in [0.717, 1.165) is 23.4 Å². The molecule has 3 atom stereocenters. The third kappa shape index (κ3) is 2.21. The summed E-state index contributed by atoms with van der Waals surface area (Å²) < 4.78 is 0. The van der Waals surface area contributed by atoms with Crippen molar-refractivity contribution in [2.45, 2.75) is 18.4 Å². The van der Waals surface area contributed by atoms with Gasteiger partial charge in [-0.15, -0.1) is 0 Å². The zero-order chi connectivity index (χ0) is 16.0. The van der Waals surface area contributed by atoms with E-state index in [1.165, 1.54) is 0 Å². The number of pyridine rings is 1. The number of fused-ring (bicyclic) bond motifs is 3. The van der Waals surface area contributed by atoms with Crippen LogP contribution in [0.2, 0.25) is 5.02 Å². The van der Waals surface area contributed by atoms with Crippen LogP contribution in [-0.2, 0) is 0 Å². The lowest BCUT2D eigenvalue weighted by molar-refractivity contribution is 0.0695. The van der Waals surface area contributed by atoms with Crippen LogP contribution >= 0.6 is 11.6 Å². The summed E-state index contributed by atoms with van der Waals surface area (Å²) >= 11 is 6.36. The van der Waals surface area contributed by atoms with Crippen LogP contribution < -0.4 is 5.32 Å². The van der Waals surface area contributed by atoms with Crippen molar-refractivity contribution < 1.29 is 9.90 Å². The molecule has 4 rings (SSSR count). The number of nitrogens with zero attached hydrogens (tertiary/aromatic N) is 1. The fraction of sp³-hybridized carbons (Fsp3) is 0.222. The van der Waals surface area contributed by atoms with Gasteiger partial charge in [-0.1, -0.05) is 29.8 Å². The number of nitrogens with one attached hydrogen (secondary N) is 1. The van der Waals surface area contributed by atoms with Crippen LogP contribution in [0.5, 0.6) is 0 Å². The van der Waals surface area contributed by atoms with Crippen molar-refractivity contribution >= 4 is 23.3 Å². The second kappa shape index (κ2) is 5.39. The zero-order valence-electron chi connectivity index (χ0n) is 12.2. The largest absolute Gasteiger partial charge is 0.478 e. The van der Waals surface area contributed by atoms with E-state index in [1.807, 2.05) is 18.2 Å². The maximum atomic E-state index is 11.6. The molecule has 2 heterocycles. The Labute approximate surface area is 138 Å². The van der Waals surface area contributed by atoms with Gasteiger partial charge in [0.25, 0.3) is 0 Å². The van der Waals surface area contributed by atoms with Gasteiger partial charge in [0.2, 0.25) is 0 Å². The highest BCUT2D eigenvalue weighted by Gasteiger charge is 2.41. The molecule has 0 saturated heterocycles. The Balaban J connectivity index is 1.89. The van der Waals surface area contributed by atoms with Crippen molar-refractivity contribution in [3.05, 3.63) is 70.5 Å². The van der Waals surface area contributed by atoms with Gasteiger partial charge < -0.3 is 10.4 Å². The first-order chi connectivity index (χ1) is 11.2. The van der Waals surface area contributed by atoms with Crippen molar-refractivity contribution in [3.8, 4) is 0 Å². The van der Waals surface area contributed by atoms with Gasteiger partial charge in [-0.3, -0.25) is 4.98 Å². The Bertz CT molecular complexity index is 804. The van der Waals surface area contributed by atoms with Crippen LogP contribution in [-0.4, -0.2) is 16.1 Å². The monoisotopic (exact) mass is 326 g/mol. The molecule has 1 aliphatic carbocycles. The van der Waals surface area contributed by atoms with E-state index >= 15 is 0 Å². The first-order valence-electron chi connectivity index (χ1n) is 7.56. The number of halogens is 1. The quantitative estimate of drug-likeness (QED) is 0.809. The van der Waals surface area contributed by atoms with Crippen LogP contribution in [0.1, 0.15) is 40.0 Å². The van der Waals surface area contributed by atoms with Gasteiger partial charge in [0.05, 0.1) is 28.0 Å². The number of rotatable bonds is 2. The minimum atomic E-state index is -0.921. The molecular weight excluding hydrogens is 312 g/mol. The Hall–Kier alpha value is -2.33. The zero-order valence-corrected chi connectivity index (χ0v) is 13.0. The molecule has 1 aromatic heterocycles. The van der Waals surface area contributed by atoms with Crippen LogP contribution in [0.15, 0.2) is 48.7 Å². The third-order valence-corrected chi connectivity index (χ3v) is 5.02. The van der Waals surface area contributed by atoms with Gasteiger partial charge in [-0.2, -0.15) is 0 Å². The first-order valence-corrected chi connectivity index (χ1v) is 7.94. The van der Waals surface area contributed by atoms with Crippen molar-refractivity contribution in [3.63, 3.8) is 0 Å². The second-order valence-electron chi connectivity index (χ2n) is 5.92. The van der Waals surface area contributed by atoms with Crippen molar-refractivity contribution in [2.75, 3.05) is 5.32 Å². The first kappa shape index (κ1) is 14.3. The van der Waals surface area contributed by atoms with Crippen molar-refractivity contribution in [1.29, 1.82) is 0 Å². The Morgan fingerprint density at radius 2 is 2.17 bits per heavy atom. The van der Waals surface area contributed by atoms with E-state index in [1.54, 1.807) is 18.3 Å². The smallest absolute Gasteiger partial charge is 0.336 e. The van der Waals surface area contributed by atoms with Gasteiger partial charge >= 0.3 is 5.97 Å². The van der Waals surface area contributed by atoms with Gasteiger partial charge in [0, 0.05) is 12.1 Å². The van der Waals surface area contributed by atoms with E-state index in [2.05, 4.69) is 22.5 Å². The highest BCUT2D eigenvalue weighted by molar-refractivity contribution is 6.33. The minimum absolute atomic E-state index is 0.0187. The minimum Gasteiger partial charge on any atom is -0.478 e. The highest BCUT2D eigenvalue weighted by Crippen LogP contribution is 2.52. The number of carbonyl (C=O) groups is 1. The fourth-order valence-electron chi connectivity index (χ4n) is 3.71. The van der Waals surface area contributed by atoms with E-state index in [4.69, 9.17) is 11.6 Å². The molecule has 2 N–H and O–H groups in total. The van der Waals surface area contributed by atoms with E-state index in [-0.39, 0.29) is 17.9 Å². The van der Waals surface area contributed by atoms with Crippen molar-refractivity contribution in [1.82, 2.24) is 4.98 Å². The Morgan fingerprint density at radius 3 is 2.91 bits per heavy atom. The van der Waals surface area contributed by atoms with E-state index < -0.39 is 5.97 Å². The molecule has 1 aromatic carbocycles. The summed E-state index contributed by atoms with van der Waals surface area (Å²) in [5, 5.41) is 13.5. The molecule has 2 aromatic rings. The molecule has 0 radical (unpaired) electrons. The molecule has 0 fully saturated rings. The van der Waals surface area contributed by atoms with E-state index in [9.17, 15) is 9.90 Å². The summed E-state index contributed by atoms with van der Waals surface area (Å²) in [6, 6.07) is 9.10.